The first-order valence-corrected chi connectivity index (χ1v) is 4.87. The fraction of sp³-hybridized carbons (Fsp3) is 0.400. The lowest BCUT2D eigenvalue weighted by Crippen LogP contribution is -2.16. The van der Waals surface area contributed by atoms with E-state index in [4.69, 9.17) is 8.94 Å². The highest BCUT2D eigenvalue weighted by Crippen LogP contribution is 1.99. The molecule has 6 heteroatoms. The second-order valence-electron chi connectivity index (χ2n) is 3.24. The zero-order valence-electron chi connectivity index (χ0n) is 8.97. The van der Waals surface area contributed by atoms with Crippen molar-refractivity contribution < 1.29 is 8.94 Å². The highest BCUT2D eigenvalue weighted by Gasteiger charge is 2.01. The van der Waals surface area contributed by atoms with E-state index >= 15 is 0 Å². The Balaban J connectivity index is 0.00000128. The number of nitrogens with one attached hydrogen (secondary N) is 1. The van der Waals surface area contributed by atoms with E-state index in [1.807, 2.05) is 19.1 Å². The van der Waals surface area contributed by atoms with Crippen molar-refractivity contribution in [2.24, 2.45) is 0 Å². The van der Waals surface area contributed by atoms with E-state index < -0.39 is 0 Å². The van der Waals surface area contributed by atoms with Gasteiger partial charge in [-0.3, -0.25) is 0 Å². The Hall–Kier alpha value is -1.33. The van der Waals surface area contributed by atoms with E-state index in [-0.39, 0.29) is 12.4 Å². The summed E-state index contributed by atoms with van der Waals surface area (Å²) in [5.41, 5.74) is 0. The molecule has 0 fully saturated rings. The third kappa shape index (κ3) is 3.67. The van der Waals surface area contributed by atoms with Gasteiger partial charge in [0.05, 0.1) is 12.8 Å². The van der Waals surface area contributed by atoms with E-state index in [0.29, 0.717) is 11.7 Å². The molecule has 0 atom stereocenters. The molecule has 0 spiro atoms. The quantitative estimate of drug-likeness (QED) is 0.811. The van der Waals surface area contributed by atoms with Crippen LogP contribution in [0.5, 0.6) is 0 Å². The molecule has 88 valence electrons. The van der Waals surface area contributed by atoms with Gasteiger partial charge < -0.3 is 14.3 Å². The van der Waals surface area contributed by atoms with Gasteiger partial charge in [0.25, 0.3) is 0 Å². The zero-order chi connectivity index (χ0) is 10.5. The molecule has 2 rings (SSSR count). The number of nitrogens with zero attached hydrogens (tertiary/aromatic N) is 2. The first-order chi connectivity index (χ1) is 7.34. The van der Waals surface area contributed by atoms with Crippen LogP contribution in [0.4, 0.5) is 0 Å². The molecular weight excluding hydrogens is 230 g/mol. The highest BCUT2D eigenvalue weighted by molar-refractivity contribution is 5.85. The fourth-order valence-electron chi connectivity index (χ4n) is 1.26. The summed E-state index contributed by atoms with van der Waals surface area (Å²) in [4.78, 5) is 4.10. The maximum absolute atomic E-state index is 5.18. The van der Waals surface area contributed by atoms with Crippen LogP contribution < -0.4 is 5.32 Å². The van der Waals surface area contributed by atoms with Gasteiger partial charge in [0.15, 0.2) is 5.82 Å². The fourth-order valence-corrected chi connectivity index (χ4v) is 1.26. The summed E-state index contributed by atoms with van der Waals surface area (Å²) in [6.45, 7) is 3.33. The van der Waals surface area contributed by atoms with Gasteiger partial charge in [-0.1, -0.05) is 5.16 Å². The lowest BCUT2D eigenvalue weighted by Gasteiger charge is -1.98. The summed E-state index contributed by atoms with van der Waals surface area (Å²) < 4.78 is 10.2. The molecule has 0 saturated heterocycles. The van der Waals surface area contributed by atoms with Crippen molar-refractivity contribution in [1.29, 1.82) is 0 Å². The largest absolute Gasteiger partial charge is 0.468 e. The molecule has 0 bridgehead atoms. The predicted octanol–water partition coefficient (Wildman–Crippen LogP) is 1.73. The van der Waals surface area contributed by atoms with Gasteiger partial charge in [0, 0.05) is 13.0 Å². The van der Waals surface area contributed by atoms with E-state index in [1.54, 1.807) is 6.26 Å². The Morgan fingerprint density at radius 3 is 2.94 bits per heavy atom. The molecule has 0 saturated carbocycles. The van der Waals surface area contributed by atoms with Crippen LogP contribution in [0.3, 0.4) is 0 Å². The maximum atomic E-state index is 5.18. The Labute approximate surface area is 99.6 Å². The topological polar surface area (TPSA) is 64.1 Å². The SMILES string of the molecule is Cc1noc(CCNCc2ccco2)n1.Cl. The summed E-state index contributed by atoms with van der Waals surface area (Å²) in [5.74, 6) is 2.27. The lowest BCUT2D eigenvalue weighted by molar-refractivity contribution is 0.371. The highest BCUT2D eigenvalue weighted by atomic mass is 35.5. The minimum atomic E-state index is 0. The molecule has 0 radical (unpaired) electrons. The Kier molecular flexibility index (Phi) is 5.01. The number of aryl methyl sites for hydroxylation is 1. The van der Waals surface area contributed by atoms with E-state index in [1.165, 1.54) is 0 Å². The second-order valence-corrected chi connectivity index (χ2v) is 3.24. The van der Waals surface area contributed by atoms with Crippen LogP contribution in [0.2, 0.25) is 0 Å². The number of furan rings is 1. The third-order valence-corrected chi connectivity index (χ3v) is 1.96. The molecule has 0 aliphatic carbocycles. The number of hydrogen-bond donors (Lipinski definition) is 1. The van der Waals surface area contributed by atoms with Crippen molar-refractivity contribution in [1.82, 2.24) is 15.5 Å². The van der Waals surface area contributed by atoms with Gasteiger partial charge in [0.1, 0.15) is 5.76 Å². The molecule has 5 nitrogen and oxygen atoms in total. The van der Waals surface area contributed by atoms with E-state index in [0.717, 1.165) is 25.3 Å². The van der Waals surface area contributed by atoms with Crippen LogP contribution in [0, 0.1) is 6.92 Å². The second kappa shape index (κ2) is 6.30. The van der Waals surface area contributed by atoms with Gasteiger partial charge in [-0.15, -0.1) is 12.4 Å². The Bertz CT molecular complexity index is 400. The molecule has 0 aromatic carbocycles. The van der Waals surface area contributed by atoms with Crippen LogP contribution in [0.25, 0.3) is 0 Å². The molecule has 0 aliphatic rings. The number of hydrogen-bond acceptors (Lipinski definition) is 5. The normalized spacial score (nSPS) is 10.1. The standard InChI is InChI=1S/C10H13N3O2.ClH/c1-8-12-10(15-13-8)4-5-11-7-9-3-2-6-14-9;/h2-3,6,11H,4-5,7H2,1H3;1H. The van der Waals surface area contributed by atoms with Crippen LogP contribution in [0.1, 0.15) is 17.5 Å². The summed E-state index contributed by atoms with van der Waals surface area (Å²) in [5, 5.41) is 6.94. The van der Waals surface area contributed by atoms with Crippen molar-refractivity contribution in [2.75, 3.05) is 6.54 Å². The van der Waals surface area contributed by atoms with Gasteiger partial charge in [0.2, 0.25) is 5.89 Å². The number of aromatic nitrogens is 2. The molecule has 2 aromatic heterocycles. The predicted molar refractivity (Wildman–Crippen MR) is 60.4 cm³/mol. The van der Waals surface area contributed by atoms with E-state index in [9.17, 15) is 0 Å². The monoisotopic (exact) mass is 243 g/mol. The molecule has 0 unspecified atom stereocenters. The smallest absolute Gasteiger partial charge is 0.227 e. The van der Waals surface area contributed by atoms with Crippen molar-refractivity contribution in [3.63, 3.8) is 0 Å². The summed E-state index contributed by atoms with van der Waals surface area (Å²) in [6.07, 6.45) is 2.40. The lowest BCUT2D eigenvalue weighted by atomic mass is 10.4. The first kappa shape index (κ1) is 12.7. The summed E-state index contributed by atoms with van der Waals surface area (Å²) in [6, 6.07) is 3.81. The van der Waals surface area contributed by atoms with E-state index in [2.05, 4.69) is 15.5 Å². The molecule has 16 heavy (non-hydrogen) atoms. The molecule has 1 N–H and O–H groups in total. The Morgan fingerprint density at radius 1 is 1.44 bits per heavy atom. The van der Waals surface area contributed by atoms with Crippen LogP contribution in [-0.4, -0.2) is 16.7 Å². The third-order valence-electron chi connectivity index (χ3n) is 1.96. The van der Waals surface area contributed by atoms with Crippen molar-refractivity contribution in [3.05, 3.63) is 35.9 Å². The van der Waals surface area contributed by atoms with Gasteiger partial charge >= 0.3 is 0 Å². The number of rotatable bonds is 5. The minimum absolute atomic E-state index is 0. The van der Waals surface area contributed by atoms with Gasteiger partial charge in [-0.05, 0) is 19.1 Å². The zero-order valence-corrected chi connectivity index (χ0v) is 9.79. The summed E-state index contributed by atoms with van der Waals surface area (Å²) >= 11 is 0. The van der Waals surface area contributed by atoms with Gasteiger partial charge in [-0.25, -0.2) is 0 Å². The average Bonchev–Trinajstić information content (AvgIpc) is 2.84. The van der Waals surface area contributed by atoms with Crippen molar-refractivity contribution in [2.45, 2.75) is 19.9 Å². The maximum Gasteiger partial charge on any atom is 0.227 e. The molecule has 2 heterocycles. The van der Waals surface area contributed by atoms with Crippen molar-refractivity contribution in [3.8, 4) is 0 Å². The van der Waals surface area contributed by atoms with Crippen LogP contribution in [-0.2, 0) is 13.0 Å². The molecule has 0 amide bonds. The number of halogens is 1. The molecule has 2 aromatic rings. The first-order valence-electron chi connectivity index (χ1n) is 4.87. The summed E-state index contributed by atoms with van der Waals surface area (Å²) in [7, 11) is 0. The van der Waals surface area contributed by atoms with Crippen LogP contribution >= 0.6 is 12.4 Å². The molecular formula is C10H14ClN3O2. The van der Waals surface area contributed by atoms with Crippen molar-refractivity contribution >= 4 is 12.4 Å². The average molecular weight is 244 g/mol. The molecule has 0 aliphatic heterocycles. The Morgan fingerprint density at radius 2 is 2.31 bits per heavy atom. The van der Waals surface area contributed by atoms with Gasteiger partial charge in [-0.2, -0.15) is 4.98 Å². The minimum Gasteiger partial charge on any atom is -0.468 e. The van der Waals surface area contributed by atoms with Crippen LogP contribution in [0.15, 0.2) is 27.3 Å².